The average Bonchev–Trinajstić information content (AvgIpc) is 2.92. The summed E-state index contributed by atoms with van der Waals surface area (Å²) >= 11 is 0. The maximum atomic E-state index is 11.9. The lowest BCUT2D eigenvalue weighted by molar-refractivity contribution is 0.608. The summed E-state index contributed by atoms with van der Waals surface area (Å²) in [5.74, 6) is 0. The summed E-state index contributed by atoms with van der Waals surface area (Å²) < 4.78 is 27.4. The van der Waals surface area contributed by atoms with E-state index in [-0.39, 0.29) is 4.90 Å². The van der Waals surface area contributed by atoms with Gasteiger partial charge in [-0.15, -0.1) is 0 Å². The third kappa shape index (κ3) is 2.45. The van der Waals surface area contributed by atoms with Crippen LogP contribution in [0.15, 0.2) is 41.4 Å². The minimum atomic E-state index is -3.80. The van der Waals surface area contributed by atoms with Gasteiger partial charge in [-0.3, -0.25) is 4.68 Å². The summed E-state index contributed by atoms with van der Waals surface area (Å²) in [6.45, 7) is 2.26. The lowest BCUT2D eigenvalue weighted by atomic mass is 10.2. The Morgan fingerprint density at radius 3 is 2.57 bits per heavy atom. The van der Waals surface area contributed by atoms with Gasteiger partial charge < -0.3 is 4.57 Å². The van der Waals surface area contributed by atoms with E-state index < -0.39 is 9.05 Å². The summed E-state index contributed by atoms with van der Waals surface area (Å²) in [6.07, 6.45) is 1.86. The van der Waals surface area contributed by atoms with Gasteiger partial charge in [0.05, 0.1) is 12.2 Å². The molecule has 0 aliphatic rings. The number of hydrogen-bond acceptors (Lipinski definition) is 3. The Morgan fingerprint density at radius 2 is 1.95 bits per heavy atom. The Labute approximate surface area is 127 Å². The van der Waals surface area contributed by atoms with Gasteiger partial charge in [-0.05, 0) is 19.1 Å². The molecule has 0 aliphatic carbocycles. The van der Waals surface area contributed by atoms with Crippen LogP contribution in [0.1, 0.15) is 11.4 Å². The maximum Gasteiger partial charge on any atom is 0.263 e. The fraction of sp³-hybridized carbons (Fsp3) is 0.214. The van der Waals surface area contributed by atoms with Gasteiger partial charge in [0.2, 0.25) is 0 Å². The van der Waals surface area contributed by atoms with E-state index in [0.29, 0.717) is 17.6 Å². The van der Waals surface area contributed by atoms with Crippen molar-refractivity contribution in [2.24, 2.45) is 7.05 Å². The van der Waals surface area contributed by atoms with Gasteiger partial charge in [0.25, 0.3) is 9.05 Å². The zero-order valence-electron chi connectivity index (χ0n) is 11.6. The fourth-order valence-electron chi connectivity index (χ4n) is 2.62. The number of aryl methyl sites for hydroxylation is 1. The van der Waals surface area contributed by atoms with E-state index in [1.54, 1.807) is 23.7 Å². The summed E-state index contributed by atoms with van der Waals surface area (Å²) in [5.41, 5.74) is 2.32. The molecule has 21 heavy (non-hydrogen) atoms. The second-order valence-electron chi connectivity index (χ2n) is 4.94. The van der Waals surface area contributed by atoms with Crippen molar-refractivity contribution in [1.82, 2.24) is 14.3 Å². The van der Waals surface area contributed by atoms with Crippen molar-refractivity contribution >= 4 is 30.6 Å². The van der Waals surface area contributed by atoms with Crippen LogP contribution in [0.3, 0.4) is 0 Å². The standard InChI is InChI=1S/C14H14ClN3O2S/c1-10-14(21(15,19)20)12-5-3-4-6-13(12)18(10)9-11-7-8-17(2)16-11/h3-8H,9H2,1-2H3. The molecule has 1 aromatic carbocycles. The topological polar surface area (TPSA) is 56.9 Å². The molecule has 110 valence electrons. The highest BCUT2D eigenvalue weighted by Gasteiger charge is 2.23. The number of rotatable bonds is 3. The van der Waals surface area contributed by atoms with Crippen molar-refractivity contribution in [1.29, 1.82) is 0 Å². The Kier molecular flexibility index (Phi) is 3.30. The Bertz CT molecular complexity index is 925. The quantitative estimate of drug-likeness (QED) is 0.696. The van der Waals surface area contributed by atoms with Crippen LogP contribution in [0.5, 0.6) is 0 Å². The van der Waals surface area contributed by atoms with E-state index in [0.717, 1.165) is 11.2 Å². The smallest absolute Gasteiger partial charge is 0.263 e. The van der Waals surface area contributed by atoms with Crippen molar-refractivity contribution in [2.45, 2.75) is 18.4 Å². The van der Waals surface area contributed by atoms with Crippen molar-refractivity contribution in [2.75, 3.05) is 0 Å². The van der Waals surface area contributed by atoms with Crippen molar-refractivity contribution in [3.05, 3.63) is 47.9 Å². The number of nitrogens with zero attached hydrogens (tertiary/aromatic N) is 3. The number of halogens is 1. The normalized spacial score (nSPS) is 12.1. The molecule has 0 radical (unpaired) electrons. The molecule has 0 saturated heterocycles. The summed E-state index contributed by atoms with van der Waals surface area (Å²) in [7, 11) is 3.65. The van der Waals surface area contributed by atoms with Gasteiger partial charge >= 0.3 is 0 Å². The number of benzene rings is 1. The first-order valence-electron chi connectivity index (χ1n) is 6.39. The number of aromatic nitrogens is 3. The van der Waals surface area contributed by atoms with Crippen LogP contribution < -0.4 is 0 Å². The molecule has 0 bridgehead atoms. The van der Waals surface area contributed by atoms with Crippen LogP contribution in [0.2, 0.25) is 0 Å². The highest BCUT2D eigenvalue weighted by molar-refractivity contribution is 8.14. The van der Waals surface area contributed by atoms with E-state index in [2.05, 4.69) is 5.10 Å². The first kappa shape index (κ1) is 14.2. The third-order valence-corrected chi connectivity index (χ3v) is 4.97. The molecular weight excluding hydrogens is 310 g/mol. The molecule has 3 aromatic rings. The second kappa shape index (κ2) is 4.89. The molecule has 0 fully saturated rings. The van der Waals surface area contributed by atoms with E-state index in [1.165, 1.54) is 0 Å². The Balaban J connectivity index is 2.25. The minimum Gasteiger partial charge on any atom is -0.337 e. The largest absolute Gasteiger partial charge is 0.337 e. The van der Waals surface area contributed by atoms with E-state index in [1.807, 2.05) is 36.0 Å². The zero-order chi connectivity index (χ0) is 15.2. The van der Waals surface area contributed by atoms with Gasteiger partial charge in [0, 0.05) is 40.5 Å². The van der Waals surface area contributed by atoms with Crippen molar-refractivity contribution in [3.8, 4) is 0 Å². The van der Waals surface area contributed by atoms with Gasteiger partial charge in [-0.25, -0.2) is 8.42 Å². The Morgan fingerprint density at radius 1 is 1.24 bits per heavy atom. The lowest BCUT2D eigenvalue weighted by Gasteiger charge is -2.06. The third-order valence-electron chi connectivity index (χ3n) is 3.51. The molecule has 0 unspecified atom stereocenters. The van der Waals surface area contributed by atoms with Gasteiger partial charge in [-0.2, -0.15) is 5.10 Å². The van der Waals surface area contributed by atoms with Crippen LogP contribution in [-0.2, 0) is 22.6 Å². The predicted molar refractivity (Wildman–Crippen MR) is 82.0 cm³/mol. The molecule has 0 aliphatic heterocycles. The lowest BCUT2D eigenvalue weighted by Crippen LogP contribution is -2.04. The molecule has 3 rings (SSSR count). The molecule has 0 atom stereocenters. The molecule has 5 nitrogen and oxygen atoms in total. The number of para-hydroxylation sites is 1. The molecule has 7 heteroatoms. The first-order valence-corrected chi connectivity index (χ1v) is 8.70. The van der Waals surface area contributed by atoms with Gasteiger partial charge in [-0.1, -0.05) is 18.2 Å². The molecule has 0 N–H and O–H groups in total. The fourth-order valence-corrected chi connectivity index (χ4v) is 4.10. The van der Waals surface area contributed by atoms with Crippen LogP contribution in [0, 0.1) is 6.92 Å². The van der Waals surface area contributed by atoms with Crippen LogP contribution in [0.4, 0.5) is 0 Å². The van der Waals surface area contributed by atoms with Gasteiger partial charge in [0.1, 0.15) is 4.90 Å². The minimum absolute atomic E-state index is 0.177. The molecule has 2 aromatic heterocycles. The predicted octanol–water partition coefficient (Wildman–Crippen LogP) is 2.66. The maximum absolute atomic E-state index is 11.9. The molecule has 0 saturated carbocycles. The van der Waals surface area contributed by atoms with Crippen molar-refractivity contribution in [3.63, 3.8) is 0 Å². The summed E-state index contributed by atoms with van der Waals surface area (Å²) in [4.78, 5) is 0.177. The Hall–Kier alpha value is -1.79. The highest BCUT2D eigenvalue weighted by atomic mass is 35.7. The SMILES string of the molecule is Cc1c(S(=O)(=O)Cl)c2ccccc2n1Cc1ccn(C)n1. The van der Waals surface area contributed by atoms with E-state index in [9.17, 15) is 8.42 Å². The van der Waals surface area contributed by atoms with Gasteiger partial charge in [0.15, 0.2) is 0 Å². The first-order chi connectivity index (χ1) is 9.88. The molecular formula is C14H14ClN3O2S. The van der Waals surface area contributed by atoms with Crippen LogP contribution in [-0.4, -0.2) is 22.8 Å². The average molecular weight is 324 g/mol. The monoisotopic (exact) mass is 323 g/mol. The van der Waals surface area contributed by atoms with Crippen molar-refractivity contribution < 1.29 is 8.42 Å². The second-order valence-corrected chi connectivity index (χ2v) is 7.44. The van der Waals surface area contributed by atoms with Crippen LogP contribution >= 0.6 is 10.7 Å². The summed E-state index contributed by atoms with van der Waals surface area (Å²) in [6, 6.07) is 9.24. The molecule has 2 heterocycles. The van der Waals surface area contributed by atoms with Crippen LogP contribution in [0.25, 0.3) is 10.9 Å². The van der Waals surface area contributed by atoms with E-state index >= 15 is 0 Å². The highest BCUT2D eigenvalue weighted by Crippen LogP contribution is 2.32. The van der Waals surface area contributed by atoms with E-state index in [4.69, 9.17) is 10.7 Å². The number of fused-ring (bicyclic) bond motifs is 1. The zero-order valence-corrected chi connectivity index (χ0v) is 13.2. The molecule has 0 spiro atoms. The number of hydrogen-bond donors (Lipinski definition) is 0. The summed E-state index contributed by atoms with van der Waals surface area (Å²) in [5, 5.41) is 4.98. The molecule has 0 amide bonds.